The topological polar surface area (TPSA) is 30.5 Å². The summed E-state index contributed by atoms with van der Waals surface area (Å²) in [4.78, 5) is 0. The van der Waals surface area contributed by atoms with Crippen LogP contribution in [0.15, 0.2) is 24.3 Å². The van der Waals surface area contributed by atoms with E-state index in [1.54, 1.807) is 7.11 Å². The van der Waals surface area contributed by atoms with E-state index >= 15 is 0 Å². The van der Waals surface area contributed by atoms with E-state index in [0.29, 0.717) is 25.2 Å². The van der Waals surface area contributed by atoms with Crippen molar-refractivity contribution in [1.82, 2.24) is 5.32 Å². The van der Waals surface area contributed by atoms with E-state index in [2.05, 4.69) is 38.2 Å². The largest absolute Gasteiger partial charge is 0.491 e. The molecule has 0 fully saturated rings. The highest BCUT2D eigenvalue weighted by molar-refractivity contribution is 5.36. The van der Waals surface area contributed by atoms with Gasteiger partial charge in [-0.2, -0.15) is 0 Å². The average Bonchev–Trinajstić information content (AvgIpc) is 2.46. The maximum Gasteiger partial charge on any atom is 0.124 e. The van der Waals surface area contributed by atoms with Crippen LogP contribution in [0, 0.1) is 5.92 Å². The molecule has 0 heterocycles. The lowest BCUT2D eigenvalue weighted by Crippen LogP contribution is -2.27. The molecule has 0 spiro atoms. The Morgan fingerprint density at radius 2 is 1.90 bits per heavy atom. The van der Waals surface area contributed by atoms with Crippen molar-refractivity contribution in [2.45, 2.75) is 39.7 Å². The lowest BCUT2D eigenvalue weighted by Gasteiger charge is -2.27. The van der Waals surface area contributed by atoms with E-state index < -0.39 is 0 Å². The van der Waals surface area contributed by atoms with Gasteiger partial charge in [-0.15, -0.1) is 0 Å². The Hall–Kier alpha value is -1.06. The third-order valence-corrected chi connectivity index (χ3v) is 3.54. The highest BCUT2D eigenvalue weighted by Gasteiger charge is 2.20. The van der Waals surface area contributed by atoms with Gasteiger partial charge in [0, 0.05) is 18.7 Å². The van der Waals surface area contributed by atoms with Gasteiger partial charge in [0.2, 0.25) is 0 Å². The van der Waals surface area contributed by atoms with Crippen LogP contribution in [0.3, 0.4) is 0 Å². The summed E-state index contributed by atoms with van der Waals surface area (Å²) in [6, 6.07) is 8.68. The third-order valence-electron chi connectivity index (χ3n) is 3.54. The van der Waals surface area contributed by atoms with E-state index in [0.717, 1.165) is 12.3 Å². The quantitative estimate of drug-likeness (QED) is 0.661. The minimum atomic E-state index is 0.346. The second-order valence-electron chi connectivity index (χ2n) is 5.18. The summed E-state index contributed by atoms with van der Waals surface area (Å²) >= 11 is 0. The van der Waals surface area contributed by atoms with Gasteiger partial charge in [0.1, 0.15) is 12.4 Å². The molecule has 3 heteroatoms. The summed E-state index contributed by atoms with van der Waals surface area (Å²) in [5.74, 6) is 1.56. The number of hydrogen-bond donors (Lipinski definition) is 1. The van der Waals surface area contributed by atoms with Crippen LogP contribution in [0.2, 0.25) is 0 Å². The van der Waals surface area contributed by atoms with Gasteiger partial charge < -0.3 is 14.8 Å². The summed E-state index contributed by atoms with van der Waals surface area (Å²) in [6.45, 7) is 8.87. The van der Waals surface area contributed by atoms with Crippen molar-refractivity contribution >= 4 is 0 Å². The number of hydrogen-bond acceptors (Lipinski definition) is 3. The maximum absolute atomic E-state index is 5.87. The van der Waals surface area contributed by atoms with Crippen LogP contribution in [0.1, 0.15) is 45.2 Å². The van der Waals surface area contributed by atoms with Crippen molar-refractivity contribution < 1.29 is 9.47 Å². The molecule has 0 aromatic heterocycles. The minimum Gasteiger partial charge on any atom is -0.491 e. The SMILES string of the molecule is CCCC(C)C(NCC)c1ccccc1OCCOC. The third kappa shape index (κ3) is 5.14. The van der Waals surface area contributed by atoms with Crippen molar-refractivity contribution in [3.05, 3.63) is 29.8 Å². The molecule has 2 unspecified atom stereocenters. The van der Waals surface area contributed by atoms with E-state index in [1.165, 1.54) is 18.4 Å². The molecule has 2 atom stereocenters. The summed E-state index contributed by atoms with van der Waals surface area (Å²) in [5, 5.41) is 3.60. The standard InChI is InChI=1S/C17H29NO2/c1-5-9-14(3)17(18-6-2)15-10-7-8-11-16(15)20-13-12-19-4/h7-8,10-11,14,17-18H,5-6,9,12-13H2,1-4H3. The molecule has 0 amide bonds. The van der Waals surface area contributed by atoms with Crippen molar-refractivity contribution in [2.24, 2.45) is 5.92 Å². The van der Waals surface area contributed by atoms with Crippen LogP contribution in [-0.2, 0) is 4.74 Å². The molecule has 3 nitrogen and oxygen atoms in total. The molecule has 1 aromatic rings. The Kier molecular flexibility index (Phi) is 8.31. The predicted octanol–water partition coefficient (Wildman–Crippen LogP) is 3.80. The molecule has 20 heavy (non-hydrogen) atoms. The van der Waals surface area contributed by atoms with Crippen molar-refractivity contribution in [1.29, 1.82) is 0 Å². The Bertz CT molecular complexity index is 368. The lowest BCUT2D eigenvalue weighted by atomic mass is 9.90. The fourth-order valence-corrected chi connectivity index (χ4v) is 2.56. The number of nitrogens with one attached hydrogen (secondary N) is 1. The first-order chi connectivity index (χ1) is 9.74. The van der Waals surface area contributed by atoms with Crippen LogP contribution in [0.25, 0.3) is 0 Å². The van der Waals surface area contributed by atoms with Crippen LogP contribution in [-0.4, -0.2) is 26.9 Å². The Morgan fingerprint density at radius 3 is 2.55 bits per heavy atom. The zero-order chi connectivity index (χ0) is 14.8. The average molecular weight is 279 g/mol. The summed E-state index contributed by atoms with van der Waals surface area (Å²) in [6.07, 6.45) is 2.42. The Balaban J connectivity index is 2.88. The zero-order valence-corrected chi connectivity index (χ0v) is 13.3. The van der Waals surface area contributed by atoms with Crippen molar-refractivity contribution in [2.75, 3.05) is 26.9 Å². The van der Waals surface area contributed by atoms with Gasteiger partial charge in [-0.25, -0.2) is 0 Å². The summed E-state index contributed by atoms with van der Waals surface area (Å²) in [5.41, 5.74) is 1.26. The molecule has 1 rings (SSSR count). The molecule has 0 aliphatic carbocycles. The first-order valence-corrected chi connectivity index (χ1v) is 7.68. The van der Waals surface area contributed by atoms with E-state index in [-0.39, 0.29) is 0 Å². The molecule has 0 saturated heterocycles. The van der Waals surface area contributed by atoms with Crippen LogP contribution in [0.4, 0.5) is 0 Å². The van der Waals surface area contributed by atoms with Crippen LogP contribution in [0.5, 0.6) is 5.75 Å². The van der Waals surface area contributed by atoms with E-state index in [4.69, 9.17) is 9.47 Å². The van der Waals surface area contributed by atoms with Gasteiger partial charge in [0.05, 0.1) is 6.61 Å². The highest BCUT2D eigenvalue weighted by Crippen LogP contribution is 2.32. The van der Waals surface area contributed by atoms with E-state index in [1.807, 2.05) is 12.1 Å². The molecule has 0 bridgehead atoms. The van der Waals surface area contributed by atoms with Crippen LogP contribution < -0.4 is 10.1 Å². The first-order valence-electron chi connectivity index (χ1n) is 7.68. The Labute approximate surface area is 123 Å². The fourth-order valence-electron chi connectivity index (χ4n) is 2.56. The first kappa shape index (κ1) is 17.0. The smallest absolute Gasteiger partial charge is 0.124 e. The van der Waals surface area contributed by atoms with Gasteiger partial charge in [-0.3, -0.25) is 0 Å². The van der Waals surface area contributed by atoms with Gasteiger partial charge in [0.15, 0.2) is 0 Å². The van der Waals surface area contributed by atoms with Gasteiger partial charge in [0.25, 0.3) is 0 Å². The van der Waals surface area contributed by atoms with Crippen LogP contribution >= 0.6 is 0 Å². The molecule has 0 saturated carbocycles. The minimum absolute atomic E-state index is 0.346. The molecule has 0 aliphatic rings. The van der Waals surface area contributed by atoms with Gasteiger partial charge in [-0.1, -0.05) is 45.4 Å². The molecule has 1 aromatic carbocycles. The second kappa shape index (κ2) is 9.78. The summed E-state index contributed by atoms with van der Waals surface area (Å²) < 4.78 is 10.9. The number of ether oxygens (including phenoxy) is 2. The normalized spacial score (nSPS) is 14.0. The molecule has 114 valence electrons. The molecular weight excluding hydrogens is 250 g/mol. The number of para-hydroxylation sites is 1. The zero-order valence-electron chi connectivity index (χ0n) is 13.3. The second-order valence-corrected chi connectivity index (χ2v) is 5.18. The molecular formula is C17H29NO2. The number of rotatable bonds is 10. The van der Waals surface area contributed by atoms with E-state index in [9.17, 15) is 0 Å². The number of methoxy groups -OCH3 is 1. The van der Waals surface area contributed by atoms with Gasteiger partial charge >= 0.3 is 0 Å². The molecule has 1 N–H and O–H groups in total. The molecule has 0 radical (unpaired) electrons. The summed E-state index contributed by atoms with van der Waals surface area (Å²) in [7, 11) is 1.69. The molecule has 0 aliphatic heterocycles. The highest BCUT2D eigenvalue weighted by atomic mass is 16.5. The van der Waals surface area contributed by atoms with Gasteiger partial charge in [-0.05, 0) is 24.9 Å². The number of benzene rings is 1. The monoisotopic (exact) mass is 279 g/mol. The Morgan fingerprint density at radius 1 is 1.15 bits per heavy atom. The maximum atomic E-state index is 5.87. The predicted molar refractivity (Wildman–Crippen MR) is 84.3 cm³/mol. The van der Waals surface area contributed by atoms with Crippen molar-refractivity contribution in [3.63, 3.8) is 0 Å². The fraction of sp³-hybridized carbons (Fsp3) is 0.647. The lowest BCUT2D eigenvalue weighted by molar-refractivity contribution is 0.145. The van der Waals surface area contributed by atoms with Crippen molar-refractivity contribution in [3.8, 4) is 5.75 Å².